The summed E-state index contributed by atoms with van der Waals surface area (Å²) in [5.41, 5.74) is 1.34. The number of fused-ring (bicyclic) bond motifs is 1. The van der Waals surface area contributed by atoms with Gasteiger partial charge in [-0.3, -0.25) is 9.59 Å². The van der Waals surface area contributed by atoms with Gasteiger partial charge in [0, 0.05) is 24.6 Å². The highest BCUT2D eigenvalue weighted by atomic mass is 16.5. The van der Waals surface area contributed by atoms with Gasteiger partial charge in [-0.05, 0) is 48.8 Å². The third-order valence-electron chi connectivity index (χ3n) is 5.05. The molecule has 0 radical (unpaired) electrons. The zero-order valence-corrected chi connectivity index (χ0v) is 14.8. The highest BCUT2D eigenvalue weighted by molar-refractivity contribution is 5.80. The molecule has 1 fully saturated rings. The SMILES string of the molecule is COc1ccc2cc(CCNC(=O)CC3CCCCC3)c(=O)[nH]c2c1. The number of carbonyl (C=O) groups excluding carboxylic acids is 1. The summed E-state index contributed by atoms with van der Waals surface area (Å²) in [6.45, 7) is 0.496. The lowest BCUT2D eigenvalue weighted by Crippen LogP contribution is -2.29. The second-order valence-corrected chi connectivity index (χ2v) is 6.88. The summed E-state index contributed by atoms with van der Waals surface area (Å²) in [5, 5.41) is 3.92. The summed E-state index contributed by atoms with van der Waals surface area (Å²) in [5.74, 6) is 1.35. The van der Waals surface area contributed by atoms with Gasteiger partial charge in [0.25, 0.3) is 5.56 Å². The molecule has 0 unspecified atom stereocenters. The maximum atomic E-state index is 12.2. The van der Waals surface area contributed by atoms with E-state index in [0.717, 1.165) is 10.9 Å². The number of hydrogen-bond acceptors (Lipinski definition) is 3. The molecule has 0 bridgehead atoms. The Balaban J connectivity index is 1.56. The molecule has 5 nitrogen and oxygen atoms in total. The van der Waals surface area contributed by atoms with Crippen molar-refractivity contribution in [3.05, 3.63) is 40.2 Å². The van der Waals surface area contributed by atoms with Gasteiger partial charge in [-0.25, -0.2) is 0 Å². The predicted octanol–water partition coefficient (Wildman–Crippen LogP) is 3.17. The third kappa shape index (κ3) is 4.62. The maximum Gasteiger partial charge on any atom is 0.251 e. The van der Waals surface area contributed by atoms with Crippen LogP contribution >= 0.6 is 0 Å². The quantitative estimate of drug-likeness (QED) is 0.847. The molecular weight excluding hydrogens is 316 g/mol. The van der Waals surface area contributed by atoms with Crippen LogP contribution < -0.4 is 15.6 Å². The van der Waals surface area contributed by atoms with Crippen molar-refractivity contribution in [3.63, 3.8) is 0 Å². The van der Waals surface area contributed by atoms with Crippen LogP contribution in [0.4, 0.5) is 0 Å². The minimum absolute atomic E-state index is 0.105. The number of nitrogens with one attached hydrogen (secondary N) is 2. The first-order valence-electron chi connectivity index (χ1n) is 9.12. The minimum Gasteiger partial charge on any atom is -0.497 e. The first-order valence-corrected chi connectivity index (χ1v) is 9.12. The molecule has 134 valence electrons. The number of methoxy groups -OCH3 is 1. The van der Waals surface area contributed by atoms with Crippen molar-refractivity contribution in [2.24, 2.45) is 5.92 Å². The average Bonchev–Trinajstić information content (AvgIpc) is 2.62. The van der Waals surface area contributed by atoms with Crippen LogP contribution in [-0.4, -0.2) is 24.5 Å². The normalized spacial score (nSPS) is 15.2. The monoisotopic (exact) mass is 342 g/mol. The molecule has 0 spiro atoms. The molecule has 1 amide bonds. The third-order valence-corrected chi connectivity index (χ3v) is 5.05. The fourth-order valence-corrected chi connectivity index (χ4v) is 3.60. The summed E-state index contributed by atoms with van der Waals surface area (Å²) in [7, 11) is 1.60. The molecule has 25 heavy (non-hydrogen) atoms. The van der Waals surface area contributed by atoms with Gasteiger partial charge in [-0.15, -0.1) is 0 Å². The molecule has 1 aliphatic rings. The molecular formula is C20H26N2O3. The standard InChI is InChI=1S/C20H26N2O3/c1-25-17-8-7-15-12-16(20(24)22-18(15)13-17)9-10-21-19(23)11-14-5-3-2-4-6-14/h7-8,12-14H,2-6,9-11H2,1H3,(H,21,23)(H,22,24). The van der Waals surface area contributed by atoms with E-state index in [9.17, 15) is 9.59 Å². The smallest absolute Gasteiger partial charge is 0.251 e. The van der Waals surface area contributed by atoms with Crippen LogP contribution in [-0.2, 0) is 11.2 Å². The van der Waals surface area contributed by atoms with Gasteiger partial charge < -0.3 is 15.0 Å². The zero-order chi connectivity index (χ0) is 17.6. The number of hydrogen-bond donors (Lipinski definition) is 2. The van der Waals surface area contributed by atoms with E-state index in [2.05, 4.69) is 10.3 Å². The van der Waals surface area contributed by atoms with Gasteiger partial charge in [0.2, 0.25) is 5.91 Å². The van der Waals surface area contributed by atoms with E-state index in [1.54, 1.807) is 7.11 Å². The van der Waals surface area contributed by atoms with Crippen molar-refractivity contribution in [2.45, 2.75) is 44.9 Å². The molecule has 0 saturated heterocycles. The maximum absolute atomic E-state index is 12.2. The minimum atomic E-state index is -0.109. The molecule has 3 rings (SSSR count). The Bertz CT molecular complexity index is 791. The summed E-state index contributed by atoms with van der Waals surface area (Å²) in [6, 6.07) is 7.50. The topological polar surface area (TPSA) is 71.2 Å². The second kappa shape index (κ2) is 8.19. The van der Waals surface area contributed by atoms with Crippen LogP contribution in [0, 0.1) is 5.92 Å². The highest BCUT2D eigenvalue weighted by Crippen LogP contribution is 2.26. The van der Waals surface area contributed by atoms with Crippen molar-refractivity contribution >= 4 is 16.8 Å². The number of rotatable bonds is 6. The summed E-state index contributed by atoms with van der Waals surface area (Å²) in [4.78, 5) is 27.2. The fourth-order valence-electron chi connectivity index (χ4n) is 3.60. The Kier molecular flexibility index (Phi) is 5.74. The Morgan fingerprint density at radius 1 is 1.24 bits per heavy atom. The van der Waals surface area contributed by atoms with Crippen molar-refractivity contribution in [2.75, 3.05) is 13.7 Å². The number of carbonyl (C=O) groups is 1. The van der Waals surface area contributed by atoms with E-state index in [0.29, 0.717) is 36.6 Å². The summed E-state index contributed by atoms with van der Waals surface area (Å²) in [6.07, 6.45) is 7.28. The lowest BCUT2D eigenvalue weighted by molar-refractivity contribution is -0.122. The number of ether oxygens (including phenoxy) is 1. The Hall–Kier alpha value is -2.30. The van der Waals surface area contributed by atoms with E-state index < -0.39 is 0 Å². The fraction of sp³-hybridized carbons (Fsp3) is 0.500. The van der Waals surface area contributed by atoms with Crippen LogP contribution in [0.15, 0.2) is 29.1 Å². The first kappa shape index (κ1) is 17.5. The number of pyridine rings is 1. The number of benzene rings is 1. The summed E-state index contributed by atoms with van der Waals surface area (Å²) < 4.78 is 5.18. The molecule has 1 saturated carbocycles. The van der Waals surface area contributed by atoms with Gasteiger partial charge in [0.15, 0.2) is 0 Å². The Morgan fingerprint density at radius 3 is 2.80 bits per heavy atom. The van der Waals surface area contributed by atoms with Crippen molar-refractivity contribution in [1.82, 2.24) is 10.3 Å². The van der Waals surface area contributed by atoms with Crippen molar-refractivity contribution < 1.29 is 9.53 Å². The van der Waals surface area contributed by atoms with E-state index in [1.807, 2.05) is 24.3 Å². The van der Waals surface area contributed by atoms with Gasteiger partial charge >= 0.3 is 0 Å². The van der Waals surface area contributed by atoms with E-state index in [1.165, 1.54) is 32.1 Å². The average molecular weight is 342 g/mol. The second-order valence-electron chi connectivity index (χ2n) is 6.88. The molecule has 1 aliphatic carbocycles. The Morgan fingerprint density at radius 2 is 2.04 bits per heavy atom. The van der Waals surface area contributed by atoms with Gasteiger partial charge in [-0.2, -0.15) is 0 Å². The Labute approximate surface area is 147 Å². The molecule has 0 atom stereocenters. The van der Waals surface area contributed by atoms with Crippen LogP contribution in [0.25, 0.3) is 10.9 Å². The zero-order valence-electron chi connectivity index (χ0n) is 14.8. The highest BCUT2D eigenvalue weighted by Gasteiger charge is 2.16. The first-order chi connectivity index (χ1) is 12.2. The van der Waals surface area contributed by atoms with Crippen molar-refractivity contribution in [1.29, 1.82) is 0 Å². The molecule has 2 aromatic rings. The lowest BCUT2D eigenvalue weighted by Gasteiger charge is -2.20. The van der Waals surface area contributed by atoms with Crippen LogP contribution in [0.2, 0.25) is 0 Å². The molecule has 1 heterocycles. The largest absolute Gasteiger partial charge is 0.497 e. The van der Waals surface area contributed by atoms with E-state index in [4.69, 9.17) is 4.74 Å². The van der Waals surface area contributed by atoms with E-state index in [-0.39, 0.29) is 11.5 Å². The van der Waals surface area contributed by atoms with Crippen LogP contribution in [0.3, 0.4) is 0 Å². The predicted molar refractivity (Wildman–Crippen MR) is 99.0 cm³/mol. The van der Waals surface area contributed by atoms with Crippen molar-refractivity contribution in [3.8, 4) is 5.75 Å². The van der Waals surface area contributed by atoms with Gasteiger partial charge in [0.05, 0.1) is 12.6 Å². The number of H-pyrrole nitrogens is 1. The molecule has 0 aliphatic heterocycles. The van der Waals surface area contributed by atoms with Gasteiger partial charge in [0.1, 0.15) is 5.75 Å². The van der Waals surface area contributed by atoms with E-state index >= 15 is 0 Å². The molecule has 1 aromatic carbocycles. The lowest BCUT2D eigenvalue weighted by atomic mass is 9.87. The molecule has 1 aromatic heterocycles. The van der Waals surface area contributed by atoms with Crippen LogP contribution in [0.1, 0.15) is 44.1 Å². The number of aromatic amines is 1. The molecule has 2 N–H and O–H groups in total. The number of amides is 1. The molecule has 5 heteroatoms. The van der Waals surface area contributed by atoms with Gasteiger partial charge in [-0.1, -0.05) is 19.3 Å². The summed E-state index contributed by atoms with van der Waals surface area (Å²) >= 11 is 0. The van der Waals surface area contributed by atoms with Crippen LogP contribution in [0.5, 0.6) is 5.75 Å². The number of aromatic nitrogens is 1.